The van der Waals surface area contributed by atoms with Gasteiger partial charge in [0, 0.05) is 17.3 Å². The maximum atomic E-state index is 13.1. The molecule has 13 heteroatoms. The number of anilines is 3. The molecule has 0 radical (unpaired) electrons. The standard InChI is InChI=1S/C35H41N5O8/c1-22-6-4-5-7-27(22)38-35(46)39-28-13-8-23(18-30(28)47-2)19-31(41)36-26-11-9-24(10-12-26)29(20-33(44)48-3)37-34(45)25-14-16-40(17-15-25)21-32(42)43/h4-13,18,25,29H,14-17,19-21H2,1-3H3,(H,36,41)(H,37,45)(H,42,43)(H2,38,39,46)/t29-/m1/s1. The lowest BCUT2D eigenvalue weighted by Crippen LogP contribution is -2.43. The number of likely N-dealkylation sites (tertiary alicyclic amines) is 1. The Morgan fingerprint density at radius 1 is 0.896 bits per heavy atom. The lowest BCUT2D eigenvalue weighted by atomic mass is 9.94. The third kappa shape index (κ3) is 10.3. The van der Waals surface area contributed by atoms with Gasteiger partial charge in [0.15, 0.2) is 0 Å². The van der Waals surface area contributed by atoms with Gasteiger partial charge in [0.05, 0.1) is 45.3 Å². The van der Waals surface area contributed by atoms with Crippen LogP contribution < -0.4 is 26.0 Å². The average Bonchev–Trinajstić information content (AvgIpc) is 3.06. The number of carboxylic acids is 1. The van der Waals surface area contributed by atoms with Crippen LogP contribution in [-0.4, -0.2) is 73.6 Å². The van der Waals surface area contributed by atoms with Crippen LogP contribution in [0.5, 0.6) is 5.75 Å². The number of nitrogens with zero attached hydrogens (tertiary/aromatic N) is 1. The summed E-state index contributed by atoms with van der Waals surface area (Å²) in [7, 11) is 2.76. The van der Waals surface area contributed by atoms with Gasteiger partial charge >= 0.3 is 18.0 Å². The number of hydrogen-bond acceptors (Lipinski definition) is 8. The zero-order chi connectivity index (χ0) is 34.6. The Balaban J connectivity index is 1.34. The number of carboxylic acid groups (broad SMARTS) is 1. The first-order valence-electron chi connectivity index (χ1n) is 15.6. The van der Waals surface area contributed by atoms with Gasteiger partial charge < -0.3 is 35.8 Å². The topological polar surface area (TPSA) is 175 Å². The number of amides is 4. The van der Waals surface area contributed by atoms with Crippen LogP contribution in [0.25, 0.3) is 0 Å². The van der Waals surface area contributed by atoms with Gasteiger partial charge in [-0.3, -0.25) is 24.1 Å². The molecule has 0 bridgehead atoms. The van der Waals surface area contributed by atoms with Gasteiger partial charge in [0.1, 0.15) is 5.75 Å². The Kier molecular flexibility index (Phi) is 12.5. The summed E-state index contributed by atoms with van der Waals surface area (Å²) in [5, 5.41) is 20.4. The molecule has 4 rings (SSSR count). The molecule has 0 aromatic heterocycles. The number of carbonyl (C=O) groups excluding carboxylic acids is 4. The van der Waals surface area contributed by atoms with E-state index in [1.54, 1.807) is 53.4 Å². The van der Waals surface area contributed by atoms with E-state index >= 15 is 0 Å². The van der Waals surface area contributed by atoms with E-state index < -0.39 is 24.0 Å². The van der Waals surface area contributed by atoms with E-state index in [-0.39, 0.29) is 37.1 Å². The molecule has 0 spiro atoms. The van der Waals surface area contributed by atoms with Crippen molar-refractivity contribution < 1.29 is 38.6 Å². The number of aliphatic carboxylic acids is 1. The third-order valence-electron chi connectivity index (χ3n) is 8.10. The summed E-state index contributed by atoms with van der Waals surface area (Å²) in [4.78, 5) is 63.5. The van der Waals surface area contributed by atoms with Crippen LogP contribution in [0.2, 0.25) is 0 Å². The van der Waals surface area contributed by atoms with Crippen molar-refractivity contribution in [1.29, 1.82) is 0 Å². The lowest BCUT2D eigenvalue weighted by molar-refractivity contribution is -0.141. The van der Waals surface area contributed by atoms with E-state index in [0.29, 0.717) is 59.9 Å². The molecule has 3 aromatic carbocycles. The summed E-state index contributed by atoms with van der Waals surface area (Å²) in [6.07, 6.45) is 0.999. The molecule has 0 saturated carbocycles. The minimum absolute atomic E-state index is 0.0418. The minimum Gasteiger partial charge on any atom is -0.495 e. The van der Waals surface area contributed by atoms with Crippen LogP contribution in [0.1, 0.15) is 42.0 Å². The summed E-state index contributed by atoms with van der Waals surface area (Å²) in [6, 6.07) is 18.3. The molecule has 0 aliphatic carbocycles. The molecular weight excluding hydrogens is 618 g/mol. The SMILES string of the molecule is COC(=O)C[C@@H](NC(=O)C1CCN(CC(=O)O)CC1)c1ccc(NC(=O)Cc2ccc(NC(=O)Nc3ccccc3C)c(OC)c2)cc1. The van der Waals surface area contributed by atoms with Gasteiger partial charge in [0.25, 0.3) is 0 Å². The van der Waals surface area contributed by atoms with Crippen molar-refractivity contribution in [3.63, 3.8) is 0 Å². The summed E-state index contributed by atoms with van der Waals surface area (Å²) < 4.78 is 10.3. The van der Waals surface area contributed by atoms with Crippen molar-refractivity contribution in [3.8, 4) is 5.75 Å². The molecule has 1 saturated heterocycles. The first kappa shape index (κ1) is 35.4. The van der Waals surface area contributed by atoms with Crippen LogP contribution >= 0.6 is 0 Å². The molecule has 48 heavy (non-hydrogen) atoms. The fourth-order valence-electron chi connectivity index (χ4n) is 5.46. The number of para-hydroxylation sites is 1. The van der Waals surface area contributed by atoms with E-state index in [0.717, 1.165) is 5.56 Å². The van der Waals surface area contributed by atoms with Crippen molar-refractivity contribution in [1.82, 2.24) is 10.2 Å². The second-order valence-electron chi connectivity index (χ2n) is 11.6. The monoisotopic (exact) mass is 659 g/mol. The van der Waals surface area contributed by atoms with E-state index in [9.17, 15) is 24.0 Å². The molecule has 254 valence electrons. The van der Waals surface area contributed by atoms with Gasteiger partial charge in [-0.1, -0.05) is 36.4 Å². The summed E-state index contributed by atoms with van der Waals surface area (Å²) in [5.74, 6) is -1.78. The largest absolute Gasteiger partial charge is 0.495 e. The Bertz CT molecular complexity index is 1620. The first-order chi connectivity index (χ1) is 23.0. The van der Waals surface area contributed by atoms with E-state index in [2.05, 4.69) is 21.3 Å². The Hall–Kier alpha value is -5.43. The van der Waals surface area contributed by atoms with E-state index in [1.807, 2.05) is 25.1 Å². The molecule has 1 atom stereocenters. The number of carbonyl (C=O) groups is 5. The highest BCUT2D eigenvalue weighted by Crippen LogP contribution is 2.27. The predicted octanol–water partition coefficient (Wildman–Crippen LogP) is 4.35. The number of aryl methyl sites for hydroxylation is 1. The number of ether oxygens (including phenoxy) is 2. The van der Waals surface area contributed by atoms with Crippen LogP contribution in [-0.2, 0) is 30.3 Å². The molecular formula is C35H41N5O8. The summed E-state index contributed by atoms with van der Waals surface area (Å²) in [5.41, 5.74) is 3.91. The quantitative estimate of drug-likeness (QED) is 0.167. The first-order valence-corrected chi connectivity index (χ1v) is 15.6. The Morgan fingerprint density at radius 2 is 1.58 bits per heavy atom. The number of esters is 1. The zero-order valence-corrected chi connectivity index (χ0v) is 27.2. The molecule has 3 aromatic rings. The predicted molar refractivity (Wildman–Crippen MR) is 180 cm³/mol. The summed E-state index contributed by atoms with van der Waals surface area (Å²) >= 11 is 0. The normalized spacial score (nSPS) is 13.9. The number of nitrogens with one attached hydrogen (secondary N) is 4. The third-order valence-corrected chi connectivity index (χ3v) is 8.10. The van der Waals surface area contributed by atoms with Crippen LogP contribution in [0.3, 0.4) is 0 Å². The maximum Gasteiger partial charge on any atom is 0.323 e. The van der Waals surface area contributed by atoms with Crippen molar-refractivity contribution in [3.05, 3.63) is 83.4 Å². The average molecular weight is 660 g/mol. The van der Waals surface area contributed by atoms with Gasteiger partial charge in [-0.15, -0.1) is 0 Å². The fraction of sp³-hybridized carbons (Fsp3) is 0.343. The number of rotatable bonds is 13. The number of piperidine rings is 1. The molecule has 5 N–H and O–H groups in total. The Labute approximate surface area is 279 Å². The van der Waals surface area contributed by atoms with Gasteiger partial charge in [-0.2, -0.15) is 0 Å². The highest BCUT2D eigenvalue weighted by molar-refractivity contribution is 6.01. The zero-order valence-electron chi connectivity index (χ0n) is 27.2. The van der Waals surface area contributed by atoms with Crippen molar-refractivity contribution in [2.45, 2.75) is 38.6 Å². The van der Waals surface area contributed by atoms with Gasteiger partial charge in [-0.25, -0.2) is 4.79 Å². The molecule has 1 heterocycles. The van der Waals surface area contributed by atoms with Gasteiger partial charge in [0.2, 0.25) is 11.8 Å². The van der Waals surface area contributed by atoms with Crippen molar-refractivity contribution in [2.24, 2.45) is 5.92 Å². The highest BCUT2D eigenvalue weighted by atomic mass is 16.5. The minimum atomic E-state index is -0.903. The number of benzene rings is 3. The van der Waals surface area contributed by atoms with Crippen LogP contribution in [0.15, 0.2) is 66.7 Å². The molecule has 1 aliphatic rings. The van der Waals surface area contributed by atoms with Crippen molar-refractivity contribution >= 4 is 46.8 Å². The molecule has 4 amide bonds. The second kappa shape index (κ2) is 16.9. The highest BCUT2D eigenvalue weighted by Gasteiger charge is 2.28. The molecule has 1 fully saturated rings. The van der Waals surface area contributed by atoms with Crippen molar-refractivity contribution in [2.75, 3.05) is 49.8 Å². The smallest absolute Gasteiger partial charge is 0.323 e. The van der Waals surface area contributed by atoms with Crippen LogP contribution in [0.4, 0.5) is 21.9 Å². The molecule has 1 aliphatic heterocycles. The van der Waals surface area contributed by atoms with Crippen LogP contribution in [0, 0.1) is 12.8 Å². The van der Waals surface area contributed by atoms with Gasteiger partial charge in [-0.05, 0) is 79.9 Å². The number of methoxy groups -OCH3 is 2. The van der Waals surface area contributed by atoms with E-state index in [4.69, 9.17) is 14.6 Å². The summed E-state index contributed by atoms with van der Waals surface area (Å²) in [6.45, 7) is 2.84. The fourth-order valence-corrected chi connectivity index (χ4v) is 5.46. The lowest BCUT2D eigenvalue weighted by Gasteiger charge is -2.31. The number of hydrogen-bond donors (Lipinski definition) is 5. The second-order valence-corrected chi connectivity index (χ2v) is 11.6. The van der Waals surface area contributed by atoms with E-state index in [1.165, 1.54) is 14.2 Å². The number of urea groups is 1. The molecule has 0 unspecified atom stereocenters. The Morgan fingerprint density at radius 3 is 2.23 bits per heavy atom. The maximum absolute atomic E-state index is 13.1. The molecule has 13 nitrogen and oxygen atoms in total.